The first-order chi connectivity index (χ1) is 12.2. The van der Waals surface area contributed by atoms with Gasteiger partial charge in [0.15, 0.2) is 9.84 Å². The first-order valence-electron chi connectivity index (χ1n) is 8.39. The van der Waals surface area contributed by atoms with Crippen LogP contribution in [0.1, 0.15) is 26.7 Å². The fourth-order valence-electron chi connectivity index (χ4n) is 2.98. The van der Waals surface area contributed by atoms with Crippen LogP contribution in [0.15, 0.2) is 28.2 Å². The molecule has 1 atom stereocenters. The SMILES string of the molecule is CCOC(=O)/C(C)=N\N1c2cccc(S(C)(=O)=O)c2NC(=O)C1C1CC1. The Morgan fingerprint density at radius 2 is 2.08 bits per heavy atom. The van der Waals surface area contributed by atoms with Crippen molar-refractivity contribution in [3.63, 3.8) is 0 Å². The zero-order valence-electron chi connectivity index (χ0n) is 14.9. The molecule has 1 heterocycles. The molecule has 1 N–H and O–H groups in total. The first-order valence-corrected chi connectivity index (χ1v) is 10.3. The van der Waals surface area contributed by atoms with Crippen molar-refractivity contribution in [1.29, 1.82) is 0 Å². The van der Waals surface area contributed by atoms with Gasteiger partial charge in [-0.05, 0) is 44.7 Å². The van der Waals surface area contributed by atoms with Gasteiger partial charge in [0.25, 0.3) is 0 Å². The molecule has 0 spiro atoms. The van der Waals surface area contributed by atoms with Crippen LogP contribution in [-0.2, 0) is 24.2 Å². The largest absolute Gasteiger partial charge is 0.461 e. The maximum Gasteiger partial charge on any atom is 0.354 e. The molecule has 1 aromatic carbocycles. The highest BCUT2D eigenvalue weighted by atomic mass is 32.2. The minimum Gasteiger partial charge on any atom is -0.461 e. The topological polar surface area (TPSA) is 105 Å². The number of fused-ring (bicyclic) bond motifs is 1. The predicted molar refractivity (Wildman–Crippen MR) is 96.9 cm³/mol. The molecule has 8 nitrogen and oxygen atoms in total. The van der Waals surface area contributed by atoms with E-state index in [0.29, 0.717) is 5.69 Å². The minimum atomic E-state index is -3.55. The molecule has 0 radical (unpaired) electrons. The van der Waals surface area contributed by atoms with Gasteiger partial charge in [-0.3, -0.25) is 9.80 Å². The summed E-state index contributed by atoms with van der Waals surface area (Å²) < 4.78 is 29.1. The van der Waals surface area contributed by atoms with Gasteiger partial charge < -0.3 is 10.1 Å². The van der Waals surface area contributed by atoms with Crippen molar-refractivity contribution < 1.29 is 22.7 Å². The molecule has 1 aromatic rings. The Hall–Kier alpha value is -2.42. The van der Waals surface area contributed by atoms with Gasteiger partial charge >= 0.3 is 5.97 Å². The van der Waals surface area contributed by atoms with Crippen molar-refractivity contribution >= 4 is 38.8 Å². The Morgan fingerprint density at radius 1 is 1.38 bits per heavy atom. The quantitative estimate of drug-likeness (QED) is 0.615. The number of hydrazone groups is 1. The molecule has 1 unspecified atom stereocenters. The number of hydrogen-bond acceptors (Lipinski definition) is 7. The van der Waals surface area contributed by atoms with Gasteiger partial charge in [-0.2, -0.15) is 5.10 Å². The molecule has 0 aromatic heterocycles. The lowest BCUT2D eigenvalue weighted by Crippen LogP contribution is -2.48. The summed E-state index contributed by atoms with van der Waals surface area (Å²) in [7, 11) is -3.55. The molecule has 1 aliphatic heterocycles. The molecule has 0 bridgehead atoms. The molecule has 1 saturated carbocycles. The zero-order valence-corrected chi connectivity index (χ0v) is 15.7. The average Bonchev–Trinajstić information content (AvgIpc) is 3.38. The number of esters is 1. The van der Waals surface area contributed by atoms with E-state index in [1.54, 1.807) is 19.1 Å². The molecule has 1 aliphatic carbocycles. The Morgan fingerprint density at radius 3 is 2.65 bits per heavy atom. The molecule has 3 rings (SSSR count). The number of rotatable bonds is 5. The van der Waals surface area contributed by atoms with E-state index in [-0.39, 0.29) is 34.7 Å². The molecule has 0 saturated heterocycles. The highest BCUT2D eigenvalue weighted by molar-refractivity contribution is 7.90. The number of nitrogens with one attached hydrogen (secondary N) is 1. The lowest BCUT2D eigenvalue weighted by atomic mass is 10.1. The van der Waals surface area contributed by atoms with Crippen molar-refractivity contribution in [1.82, 2.24) is 0 Å². The number of sulfone groups is 1. The van der Waals surface area contributed by atoms with E-state index in [0.717, 1.165) is 19.1 Å². The summed E-state index contributed by atoms with van der Waals surface area (Å²) >= 11 is 0. The number of anilines is 2. The standard InChI is InChI=1S/C17H21N3O5S/c1-4-25-17(22)10(2)19-20-12-6-5-7-13(26(3,23)24)14(12)18-16(21)15(20)11-8-9-11/h5-7,11,15H,4,8-9H2,1-3H3,(H,18,21)/b19-10-. The number of ether oxygens (including phenoxy) is 1. The summed E-state index contributed by atoms with van der Waals surface area (Å²) in [6.07, 6.45) is 2.84. The second-order valence-corrected chi connectivity index (χ2v) is 8.43. The second-order valence-electron chi connectivity index (χ2n) is 6.44. The number of amides is 1. The van der Waals surface area contributed by atoms with Gasteiger partial charge in [0.1, 0.15) is 11.8 Å². The normalized spacial score (nSPS) is 20.4. The van der Waals surface area contributed by atoms with Crippen LogP contribution in [0.5, 0.6) is 0 Å². The molecule has 1 amide bonds. The maximum atomic E-state index is 12.7. The highest BCUT2D eigenvalue weighted by Gasteiger charge is 2.45. The monoisotopic (exact) mass is 379 g/mol. The molecular weight excluding hydrogens is 358 g/mol. The van der Waals surface area contributed by atoms with E-state index in [9.17, 15) is 18.0 Å². The van der Waals surface area contributed by atoms with Gasteiger partial charge in [0, 0.05) is 6.26 Å². The number of hydrogen-bond donors (Lipinski definition) is 1. The average molecular weight is 379 g/mol. The minimum absolute atomic E-state index is 0.0200. The maximum absolute atomic E-state index is 12.7. The van der Waals surface area contributed by atoms with Gasteiger partial charge in [-0.1, -0.05) is 6.07 Å². The Kier molecular flexibility index (Phi) is 4.74. The summed E-state index contributed by atoms with van der Waals surface area (Å²) in [5.41, 5.74) is 0.744. The third-order valence-corrected chi connectivity index (χ3v) is 5.47. The predicted octanol–water partition coefficient (Wildman–Crippen LogP) is 1.57. The molecule has 140 valence electrons. The third kappa shape index (κ3) is 3.44. The number of benzene rings is 1. The highest BCUT2D eigenvalue weighted by Crippen LogP contribution is 2.44. The van der Waals surface area contributed by atoms with E-state index in [1.165, 1.54) is 18.0 Å². The summed E-state index contributed by atoms with van der Waals surface area (Å²) in [4.78, 5) is 24.6. The fraction of sp³-hybridized carbons (Fsp3) is 0.471. The van der Waals surface area contributed by atoms with E-state index < -0.39 is 21.8 Å². The van der Waals surface area contributed by atoms with Crippen molar-refractivity contribution in [2.45, 2.75) is 37.6 Å². The molecular formula is C17H21N3O5S. The van der Waals surface area contributed by atoms with Crippen molar-refractivity contribution in [3.8, 4) is 0 Å². The summed E-state index contributed by atoms with van der Waals surface area (Å²) in [5, 5.41) is 8.52. The third-order valence-electron chi connectivity index (χ3n) is 4.33. The van der Waals surface area contributed by atoms with Crippen molar-refractivity contribution in [2.24, 2.45) is 11.0 Å². The molecule has 1 fully saturated rings. The van der Waals surface area contributed by atoms with Crippen LogP contribution in [0, 0.1) is 5.92 Å². The Labute approximate surface area is 152 Å². The lowest BCUT2D eigenvalue weighted by Gasteiger charge is -2.35. The van der Waals surface area contributed by atoms with Crippen LogP contribution in [-0.4, -0.2) is 44.9 Å². The van der Waals surface area contributed by atoms with Crippen molar-refractivity contribution in [2.75, 3.05) is 23.2 Å². The zero-order chi connectivity index (χ0) is 19.1. The second kappa shape index (κ2) is 6.71. The van der Waals surface area contributed by atoms with Gasteiger partial charge in [-0.25, -0.2) is 13.2 Å². The molecule has 26 heavy (non-hydrogen) atoms. The molecule has 9 heteroatoms. The lowest BCUT2D eigenvalue weighted by molar-refractivity contribution is -0.135. The van der Waals surface area contributed by atoms with Crippen LogP contribution in [0.3, 0.4) is 0 Å². The fourth-order valence-corrected chi connectivity index (χ4v) is 3.84. The number of carbonyl (C=O) groups is 2. The van der Waals surface area contributed by atoms with E-state index in [1.807, 2.05) is 0 Å². The summed E-state index contributed by atoms with van der Waals surface area (Å²) in [5.74, 6) is -0.783. The number of nitrogens with zero attached hydrogens (tertiary/aromatic N) is 2. The van der Waals surface area contributed by atoms with E-state index in [4.69, 9.17) is 4.74 Å². The van der Waals surface area contributed by atoms with E-state index >= 15 is 0 Å². The smallest absolute Gasteiger partial charge is 0.354 e. The Balaban J connectivity index is 2.13. The summed E-state index contributed by atoms with van der Waals surface area (Å²) in [6, 6.07) is 4.13. The van der Waals surface area contributed by atoms with Gasteiger partial charge in [0.05, 0.1) is 22.9 Å². The van der Waals surface area contributed by atoms with Gasteiger partial charge in [0.2, 0.25) is 5.91 Å². The Bertz CT molecular complexity index is 890. The van der Waals surface area contributed by atoms with Gasteiger partial charge in [-0.15, -0.1) is 0 Å². The van der Waals surface area contributed by atoms with Crippen LogP contribution >= 0.6 is 0 Å². The van der Waals surface area contributed by atoms with Crippen LogP contribution < -0.4 is 10.3 Å². The number of para-hydroxylation sites is 1. The van der Waals surface area contributed by atoms with Crippen LogP contribution in [0.4, 0.5) is 11.4 Å². The van der Waals surface area contributed by atoms with Crippen molar-refractivity contribution in [3.05, 3.63) is 18.2 Å². The first kappa shape index (κ1) is 18.4. The van der Waals surface area contributed by atoms with Crippen LogP contribution in [0.2, 0.25) is 0 Å². The van der Waals surface area contributed by atoms with Crippen LogP contribution in [0.25, 0.3) is 0 Å². The number of carbonyl (C=O) groups excluding carboxylic acids is 2. The summed E-state index contributed by atoms with van der Waals surface area (Å²) in [6.45, 7) is 3.42. The van der Waals surface area contributed by atoms with E-state index in [2.05, 4.69) is 10.4 Å². The molecule has 2 aliphatic rings.